The van der Waals surface area contributed by atoms with Crippen LogP contribution < -0.4 is 9.62 Å². The molecule has 3 aromatic rings. The zero-order chi connectivity index (χ0) is 23.6. The van der Waals surface area contributed by atoms with Gasteiger partial charge in [0, 0.05) is 0 Å². The van der Waals surface area contributed by atoms with Crippen LogP contribution in [-0.2, 0) is 21.4 Å². The fourth-order valence-corrected chi connectivity index (χ4v) is 5.67. The number of amides is 2. The van der Waals surface area contributed by atoms with Gasteiger partial charge in [-0.25, -0.2) is 13.2 Å². The van der Waals surface area contributed by atoms with Crippen LogP contribution >= 0.6 is 11.8 Å². The van der Waals surface area contributed by atoms with Gasteiger partial charge in [0.2, 0.25) is 5.91 Å². The van der Waals surface area contributed by atoms with Crippen molar-refractivity contribution in [1.29, 1.82) is 0 Å². The van der Waals surface area contributed by atoms with Crippen molar-refractivity contribution < 1.29 is 27.9 Å². The summed E-state index contributed by atoms with van der Waals surface area (Å²) in [4.78, 5) is 34.9. The summed E-state index contributed by atoms with van der Waals surface area (Å²) in [5.41, 5.74) is 1.41. The molecule has 8 nitrogen and oxygen atoms in total. The van der Waals surface area contributed by atoms with Crippen LogP contribution in [0.25, 0.3) is 0 Å². The Morgan fingerprint density at radius 3 is 2.27 bits per heavy atom. The third-order valence-corrected chi connectivity index (χ3v) is 7.84. The van der Waals surface area contributed by atoms with Crippen LogP contribution in [0.4, 0.5) is 10.5 Å². The third-order valence-electron chi connectivity index (χ3n) is 5.01. The number of carboxylic acid groups (broad SMARTS) is 1. The van der Waals surface area contributed by atoms with Crippen molar-refractivity contribution >= 4 is 44.6 Å². The van der Waals surface area contributed by atoms with E-state index in [2.05, 4.69) is 5.32 Å². The molecule has 2 N–H and O–H groups in total. The van der Waals surface area contributed by atoms with Gasteiger partial charge in [0.05, 0.1) is 22.7 Å². The van der Waals surface area contributed by atoms with Gasteiger partial charge in [-0.3, -0.25) is 19.2 Å². The molecule has 4 rings (SSSR count). The number of carbonyl (C=O) groups is 3. The van der Waals surface area contributed by atoms with E-state index in [1.165, 1.54) is 36.4 Å². The number of sulfonamides is 1. The molecule has 0 aliphatic carbocycles. The Morgan fingerprint density at radius 2 is 1.67 bits per heavy atom. The summed E-state index contributed by atoms with van der Waals surface area (Å²) in [5.74, 6) is -1.56. The lowest BCUT2D eigenvalue weighted by Gasteiger charge is -2.25. The zero-order valence-corrected chi connectivity index (χ0v) is 18.7. The molecule has 3 aromatic carbocycles. The Bertz CT molecular complexity index is 1320. The molecule has 1 atom stereocenters. The molecule has 0 bridgehead atoms. The lowest BCUT2D eigenvalue weighted by molar-refractivity contribution is -0.119. The summed E-state index contributed by atoms with van der Waals surface area (Å²) in [5, 5.41) is 10.5. The second kappa shape index (κ2) is 9.08. The number of rotatable bonds is 7. The second-order valence-electron chi connectivity index (χ2n) is 7.20. The van der Waals surface area contributed by atoms with E-state index in [0.717, 1.165) is 16.1 Å². The van der Waals surface area contributed by atoms with Gasteiger partial charge in [0.15, 0.2) is 0 Å². The van der Waals surface area contributed by atoms with Crippen LogP contribution in [-0.4, -0.2) is 30.6 Å². The fourth-order valence-electron chi connectivity index (χ4n) is 3.37. The minimum absolute atomic E-state index is 0.0370. The van der Waals surface area contributed by atoms with Crippen molar-refractivity contribution in [3.8, 4) is 0 Å². The third kappa shape index (κ3) is 4.76. The molecule has 168 valence electrons. The van der Waals surface area contributed by atoms with Crippen molar-refractivity contribution in [2.75, 3.05) is 4.31 Å². The summed E-state index contributed by atoms with van der Waals surface area (Å²) in [6.45, 7) is -0.0660. The lowest BCUT2D eigenvalue weighted by atomic mass is 10.1. The van der Waals surface area contributed by atoms with Crippen LogP contribution in [0.5, 0.6) is 0 Å². The number of carboxylic acids is 1. The zero-order valence-electron chi connectivity index (χ0n) is 17.0. The van der Waals surface area contributed by atoms with E-state index in [1.54, 1.807) is 42.5 Å². The highest BCUT2D eigenvalue weighted by Gasteiger charge is 2.33. The summed E-state index contributed by atoms with van der Waals surface area (Å²) in [6, 6.07) is 20.3. The first-order valence-electron chi connectivity index (χ1n) is 9.77. The molecular formula is C23H18N2O6S2. The molecule has 0 aromatic heterocycles. The molecular weight excluding hydrogens is 464 g/mol. The molecule has 1 heterocycles. The Balaban J connectivity index is 1.70. The molecule has 1 fully saturated rings. The van der Waals surface area contributed by atoms with Gasteiger partial charge >= 0.3 is 5.97 Å². The Labute approximate surface area is 194 Å². The molecule has 0 saturated carbocycles. The molecule has 1 saturated heterocycles. The SMILES string of the molecule is O=C1NC(=O)C(c2ccc(CN(c3cccc(C(=O)O)c3)S(=O)(=O)c3ccccc3)cc2)S1. The summed E-state index contributed by atoms with van der Waals surface area (Å²) in [7, 11) is -4.01. The molecule has 1 unspecified atom stereocenters. The number of thioether (sulfide) groups is 1. The largest absolute Gasteiger partial charge is 0.478 e. The maximum atomic E-state index is 13.5. The van der Waals surface area contributed by atoms with Crippen LogP contribution in [0.1, 0.15) is 26.7 Å². The Morgan fingerprint density at radius 1 is 0.970 bits per heavy atom. The monoisotopic (exact) mass is 482 g/mol. The topological polar surface area (TPSA) is 121 Å². The second-order valence-corrected chi connectivity index (χ2v) is 10.1. The van der Waals surface area contributed by atoms with E-state index in [0.29, 0.717) is 11.1 Å². The fraction of sp³-hybridized carbons (Fsp3) is 0.0870. The van der Waals surface area contributed by atoms with Crippen molar-refractivity contribution in [1.82, 2.24) is 5.32 Å². The number of nitrogens with one attached hydrogen (secondary N) is 1. The number of hydrogen-bond acceptors (Lipinski definition) is 6. The highest BCUT2D eigenvalue weighted by Crippen LogP contribution is 2.34. The average molecular weight is 483 g/mol. The Hall–Kier alpha value is -3.63. The van der Waals surface area contributed by atoms with E-state index >= 15 is 0 Å². The number of anilines is 1. The number of nitrogens with zero attached hydrogens (tertiary/aromatic N) is 1. The maximum Gasteiger partial charge on any atom is 0.335 e. The smallest absolute Gasteiger partial charge is 0.335 e. The van der Waals surface area contributed by atoms with Crippen LogP contribution in [0, 0.1) is 0 Å². The van der Waals surface area contributed by atoms with E-state index in [-0.39, 0.29) is 22.7 Å². The van der Waals surface area contributed by atoms with E-state index in [9.17, 15) is 27.9 Å². The highest BCUT2D eigenvalue weighted by molar-refractivity contribution is 8.15. The summed E-state index contributed by atoms with van der Waals surface area (Å²) >= 11 is 0.888. The predicted molar refractivity (Wildman–Crippen MR) is 124 cm³/mol. The Kier molecular flexibility index (Phi) is 6.21. The van der Waals surface area contributed by atoms with Gasteiger partial charge in [-0.2, -0.15) is 0 Å². The van der Waals surface area contributed by atoms with Crippen molar-refractivity contribution in [2.24, 2.45) is 0 Å². The lowest BCUT2D eigenvalue weighted by Crippen LogP contribution is -2.30. The van der Waals surface area contributed by atoms with Crippen LogP contribution in [0.3, 0.4) is 0 Å². The molecule has 0 radical (unpaired) electrons. The highest BCUT2D eigenvalue weighted by atomic mass is 32.2. The van der Waals surface area contributed by atoms with Gasteiger partial charge in [-0.1, -0.05) is 48.5 Å². The average Bonchev–Trinajstić information content (AvgIpc) is 3.16. The molecule has 1 aliphatic heterocycles. The van der Waals surface area contributed by atoms with Gasteiger partial charge in [-0.05, 0) is 53.2 Å². The normalized spacial score (nSPS) is 15.8. The van der Waals surface area contributed by atoms with E-state index < -0.39 is 32.4 Å². The van der Waals surface area contributed by atoms with Gasteiger partial charge in [-0.15, -0.1) is 0 Å². The van der Waals surface area contributed by atoms with Gasteiger partial charge in [0.25, 0.3) is 15.3 Å². The predicted octanol–water partition coefficient (Wildman–Crippen LogP) is 3.80. The summed E-state index contributed by atoms with van der Waals surface area (Å²) in [6.07, 6.45) is 0. The maximum absolute atomic E-state index is 13.5. The molecule has 1 aliphatic rings. The van der Waals surface area contributed by atoms with Crippen LogP contribution in [0.15, 0.2) is 83.8 Å². The van der Waals surface area contributed by atoms with E-state index in [4.69, 9.17) is 0 Å². The van der Waals surface area contributed by atoms with Crippen molar-refractivity contribution in [3.63, 3.8) is 0 Å². The van der Waals surface area contributed by atoms with Crippen LogP contribution in [0.2, 0.25) is 0 Å². The molecule has 33 heavy (non-hydrogen) atoms. The molecule has 10 heteroatoms. The first-order valence-corrected chi connectivity index (χ1v) is 12.1. The standard InChI is InChI=1S/C23H18N2O6S2/c26-21-20(32-23(29)24-21)16-11-9-15(10-12-16)14-25(18-6-4-5-17(13-18)22(27)28)33(30,31)19-7-2-1-3-8-19/h1-13,20H,14H2,(H,27,28)(H,24,26,29). The number of benzene rings is 3. The quantitative estimate of drug-likeness (QED) is 0.525. The number of carbonyl (C=O) groups excluding carboxylic acids is 2. The van der Waals surface area contributed by atoms with Crippen molar-refractivity contribution in [2.45, 2.75) is 16.7 Å². The summed E-state index contributed by atoms with van der Waals surface area (Å²) < 4.78 is 28.1. The number of hydrogen-bond donors (Lipinski definition) is 2. The van der Waals surface area contributed by atoms with Gasteiger partial charge < -0.3 is 5.11 Å². The first-order chi connectivity index (χ1) is 15.8. The number of aromatic carboxylic acids is 1. The van der Waals surface area contributed by atoms with E-state index in [1.807, 2.05) is 0 Å². The minimum Gasteiger partial charge on any atom is -0.478 e. The van der Waals surface area contributed by atoms with Crippen molar-refractivity contribution in [3.05, 3.63) is 95.6 Å². The molecule has 0 spiro atoms. The minimum atomic E-state index is -4.01. The molecule has 2 amide bonds. The van der Waals surface area contributed by atoms with Gasteiger partial charge in [0.1, 0.15) is 5.25 Å². The number of imide groups is 1. The first kappa shape index (κ1) is 22.6.